The fraction of sp³-hybridized carbons (Fsp3) is 0.657. The van der Waals surface area contributed by atoms with Crippen LogP contribution < -0.4 is 28.3 Å². The van der Waals surface area contributed by atoms with Crippen LogP contribution in [0.15, 0.2) is 0 Å². The van der Waals surface area contributed by atoms with Gasteiger partial charge in [0.15, 0.2) is 11.6 Å². The highest BCUT2D eigenvalue weighted by Crippen LogP contribution is 2.08. The van der Waals surface area contributed by atoms with Gasteiger partial charge in [0.25, 0.3) is 0 Å². The van der Waals surface area contributed by atoms with Gasteiger partial charge < -0.3 is 38.3 Å². The van der Waals surface area contributed by atoms with Crippen molar-refractivity contribution in [1.82, 2.24) is 34.7 Å². The molecular formula is C35H59N11O15. The third-order valence-corrected chi connectivity index (χ3v) is 8.56. The lowest BCUT2D eigenvalue weighted by atomic mass is 10.1. The summed E-state index contributed by atoms with van der Waals surface area (Å²) in [4.78, 5) is 141. The van der Waals surface area contributed by atoms with Crippen molar-refractivity contribution in [1.29, 1.82) is 0 Å². The Balaban J connectivity index is 0.000000885. The standard InChI is InChI=1S/C12H22N4O5.C12H19N3O5.C11H18N4O5/c1-8(16(6-11(14)19)7-12(20)21)3-15(4-9(2)17)5-10(13)18;1-8(15(6-11(13)18)7-12(19)20)3-14-4-9(16)2-10(17)5-14;1-7(15-4-9(17)13-10(18)5-15)2-14(3-8(12)16)6-11(19)20/h8H,3-7H2,1-2H3,(H2,13,18)(H2,14,19)(H,20,21);8H,2-7H2,1H3,(H2,13,18)(H,19,20);7H,2-6H2,1H3,(H2,12,16)(H,19,20)(H,13,17,18)/t2*8-;7-/m000/s1. The monoisotopic (exact) mass is 873 g/mol. The van der Waals surface area contributed by atoms with Crippen LogP contribution in [0.4, 0.5) is 0 Å². The van der Waals surface area contributed by atoms with Gasteiger partial charge in [0.1, 0.15) is 5.78 Å². The van der Waals surface area contributed by atoms with Crippen molar-refractivity contribution in [3.63, 3.8) is 0 Å². The number of likely N-dealkylation sites (tertiary alicyclic amines) is 1. The van der Waals surface area contributed by atoms with E-state index in [4.69, 9.17) is 38.3 Å². The van der Waals surface area contributed by atoms with Crippen molar-refractivity contribution in [3.05, 3.63) is 0 Å². The molecule has 2 rings (SSSR count). The fourth-order valence-electron chi connectivity index (χ4n) is 6.25. The third-order valence-electron chi connectivity index (χ3n) is 8.56. The van der Waals surface area contributed by atoms with Crippen LogP contribution in [0.5, 0.6) is 0 Å². The Morgan fingerprint density at radius 3 is 1.34 bits per heavy atom. The molecule has 2 fully saturated rings. The average molecular weight is 874 g/mol. The fourth-order valence-corrected chi connectivity index (χ4v) is 6.25. The third kappa shape index (κ3) is 26.8. The van der Waals surface area contributed by atoms with Gasteiger partial charge in [-0.2, -0.15) is 0 Å². The molecule has 2 saturated heterocycles. The molecule has 2 heterocycles. The number of aliphatic carboxylic acids is 3. The van der Waals surface area contributed by atoms with Crippen molar-refractivity contribution in [3.8, 4) is 0 Å². The Labute approximate surface area is 351 Å². The van der Waals surface area contributed by atoms with E-state index >= 15 is 0 Å². The van der Waals surface area contributed by atoms with Crippen LogP contribution in [0.1, 0.15) is 34.1 Å². The maximum Gasteiger partial charge on any atom is 0.317 e. The van der Waals surface area contributed by atoms with Gasteiger partial charge in [-0.15, -0.1) is 0 Å². The minimum atomic E-state index is -1.10. The summed E-state index contributed by atoms with van der Waals surface area (Å²) < 4.78 is 0. The SMILES string of the molecule is CC(=O)CN(CC(N)=O)C[C@H](C)N(CC(N)=O)CC(=O)O.C[C@@H](CN(CC(N)=O)CC(=O)O)N1CC(=O)NC(=O)C1.C[C@@H](CN1CC(=O)CC(=O)C1)N(CC(N)=O)CC(=O)O. The minimum Gasteiger partial charge on any atom is -0.480 e. The molecule has 3 atom stereocenters. The van der Waals surface area contributed by atoms with E-state index in [0.29, 0.717) is 6.54 Å². The number of amides is 6. The zero-order valence-electron chi connectivity index (χ0n) is 34.8. The van der Waals surface area contributed by atoms with E-state index in [1.165, 1.54) is 26.5 Å². The minimum absolute atomic E-state index is 0.0186. The zero-order chi connectivity index (χ0) is 47.1. The van der Waals surface area contributed by atoms with Crippen molar-refractivity contribution in [2.75, 3.05) is 98.2 Å². The molecule has 0 saturated carbocycles. The maximum absolute atomic E-state index is 11.3. The van der Waals surface area contributed by atoms with Gasteiger partial charge in [0, 0.05) is 37.8 Å². The van der Waals surface area contributed by atoms with Crippen LogP contribution in [-0.4, -0.2) is 232 Å². The van der Waals surface area contributed by atoms with Gasteiger partial charge in [0.2, 0.25) is 35.4 Å². The Morgan fingerprint density at radius 2 is 0.967 bits per heavy atom. The predicted molar refractivity (Wildman–Crippen MR) is 211 cm³/mol. The Hall–Kier alpha value is -5.80. The number of piperidine rings is 1. The zero-order valence-corrected chi connectivity index (χ0v) is 34.8. The van der Waals surface area contributed by atoms with Gasteiger partial charge in [-0.1, -0.05) is 0 Å². The van der Waals surface area contributed by atoms with Crippen LogP contribution >= 0.6 is 0 Å². The highest BCUT2D eigenvalue weighted by molar-refractivity contribution is 6.03. The van der Waals surface area contributed by atoms with Crippen molar-refractivity contribution in [2.24, 2.45) is 22.9 Å². The normalized spacial score (nSPS) is 16.1. The van der Waals surface area contributed by atoms with Gasteiger partial charge >= 0.3 is 17.9 Å². The summed E-state index contributed by atoms with van der Waals surface area (Å²) in [6, 6.07) is -0.965. The summed E-state index contributed by atoms with van der Waals surface area (Å²) in [5, 5.41) is 28.6. The summed E-state index contributed by atoms with van der Waals surface area (Å²) in [5.74, 6) is -6.98. The van der Waals surface area contributed by atoms with Crippen molar-refractivity contribution in [2.45, 2.75) is 52.2 Å². The van der Waals surface area contributed by atoms with E-state index < -0.39 is 59.4 Å². The number of carboxylic acid groups (broad SMARTS) is 3. The van der Waals surface area contributed by atoms with Crippen LogP contribution in [0.25, 0.3) is 0 Å². The first-order chi connectivity index (χ1) is 28.2. The molecule has 2 aliphatic rings. The molecule has 0 spiro atoms. The van der Waals surface area contributed by atoms with Gasteiger partial charge in [-0.3, -0.25) is 92.3 Å². The Bertz CT molecular complexity index is 1530. The molecule has 0 bridgehead atoms. The van der Waals surface area contributed by atoms with Gasteiger partial charge in [0.05, 0.1) is 85.0 Å². The van der Waals surface area contributed by atoms with E-state index in [-0.39, 0.29) is 127 Å². The van der Waals surface area contributed by atoms with E-state index in [1.807, 2.05) is 0 Å². The molecule has 0 unspecified atom stereocenters. The molecule has 6 amide bonds. The molecule has 344 valence electrons. The number of nitrogens with zero attached hydrogens (tertiary/aromatic N) is 6. The molecule has 0 aromatic rings. The molecule has 26 nitrogen and oxygen atoms in total. The molecule has 0 aliphatic carbocycles. The second-order valence-corrected chi connectivity index (χ2v) is 14.7. The molecule has 61 heavy (non-hydrogen) atoms. The lowest BCUT2D eigenvalue weighted by Crippen LogP contribution is -2.56. The van der Waals surface area contributed by atoms with Gasteiger partial charge in [-0.25, -0.2) is 0 Å². The van der Waals surface area contributed by atoms with Crippen molar-refractivity contribution < 1.29 is 72.9 Å². The number of piperazine rings is 1. The lowest BCUT2D eigenvalue weighted by Gasteiger charge is -2.33. The number of rotatable bonds is 25. The molecule has 0 aromatic carbocycles. The van der Waals surface area contributed by atoms with E-state index in [9.17, 15) is 57.5 Å². The van der Waals surface area contributed by atoms with Crippen LogP contribution in [-0.2, 0) is 57.5 Å². The molecular weight excluding hydrogens is 814 g/mol. The number of nitrogens with two attached hydrogens (primary N) is 4. The number of carboxylic acids is 3. The second kappa shape index (κ2) is 27.9. The largest absolute Gasteiger partial charge is 0.480 e. The number of primary amides is 4. The Morgan fingerprint density at radius 1 is 0.574 bits per heavy atom. The summed E-state index contributed by atoms with van der Waals surface area (Å²) >= 11 is 0. The molecule has 0 aromatic heterocycles. The summed E-state index contributed by atoms with van der Waals surface area (Å²) in [5.41, 5.74) is 20.3. The summed E-state index contributed by atoms with van der Waals surface area (Å²) in [6.07, 6.45) is -0.0367. The molecule has 2 aliphatic heterocycles. The number of imide groups is 1. The van der Waals surface area contributed by atoms with Crippen LogP contribution in [0.3, 0.4) is 0 Å². The number of carbonyl (C=O) groups excluding carboxylic acids is 9. The lowest BCUT2D eigenvalue weighted by molar-refractivity contribution is -0.141. The smallest absolute Gasteiger partial charge is 0.317 e. The first kappa shape index (κ1) is 55.2. The molecule has 26 heteroatoms. The number of ketones is 3. The van der Waals surface area contributed by atoms with E-state index in [2.05, 4.69) is 5.32 Å². The molecule has 0 radical (unpaired) electrons. The van der Waals surface area contributed by atoms with Crippen molar-refractivity contribution >= 4 is 70.7 Å². The van der Waals surface area contributed by atoms with Gasteiger partial charge in [-0.05, 0) is 27.7 Å². The number of Topliss-reactive ketones (excluding diaryl/α,β-unsaturated/α-hetero) is 3. The second-order valence-electron chi connectivity index (χ2n) is 14.7. The number of nitrogens with one attached hydrogen (secondary N) is 1. The molecule has 12 N–H and O–H groups in total. The average Bonchev–Trinajstić information content (AvgIpc) is 3.05. The summed E-state index contributed by atoms with van der Waals surface area (Å²) in [6.45, 7) is 6.05. The highest BCUT2D eigenvalue weighted by atomic mass is 16.4. The first-order valence-electron chi connectivity index (χ1n) is 18.7. The highest BCUT2D eigenvalue weighted by Gasteiger charge is 2.29. The number of hydrogen-bond acceptors (Lipinski definition) is 18. The van der Waals surface area contributed by atoms with Crippen LogP contribution in [0.2, 0.25) is 0 Å². The maximum atomic E-state index is 11.3. The first-order valence-corrected chi connectivity index (χ1v) is 18.7. The Kier molecular flexibility index (Phi) is 25.2. The predicted octanol–water partition coefficient (Wildman–Crippen LogP) is -7.08. The van der Waals surface area contributed by atoms with E-state index in [1.54, 1.807) is 30.6 Å². The van der Waals surface area contributed by atoms with Crippen LogP contribution in [0, 0.1) is 0 Å². The number of carbonyl (C=O) groups is 12. The van der Waals surface area contributed by atoms with E-state index in [0.717, 1.165) is 0 Å². The quantitative estimate of drug-likeness (QED) is 0.0312. The number of hydrogen-bond donors (Lipinski definition) is 8. The topological polar surface area (TPSA) is 401 Å². The summed E-state index contributed by atoms with van der Waals surface area (Å²) in [7, 11) is 0.